The molecule has 2 aromatic carbocycles. The zero-order valence-electron chi connectivity index (χ0n) is 18.7. The fourth-order valence-electron chi connectivity index (χ4n) is 2.52. The van der Waals surface area contributed by atoms with Crippen molar-refractivity contribution in [2.75, 3.05) is 25.1 Å². The van der Waals surface area contributed by atoms with E-state index >= 15 is 0 Å². The van der Waals surface area contributed by atoms with Gasteiger partial charge in [-0.3, -0.25) is 14.4 Å². The summed E-state index contributed by atoms with van der Waals surface area (Å²) in [6.07, 6.45) is 1.31. The normalized spacial score (nSPS) is 10.7. The molecule has 10 heteroatoms. The molecule has 0 aliphatic heterocycles. The van der Waals surface area contributed by atoms with E-state index < -0.39 is 11.8 Å². The lowest BCUT2D eigenvalue weighted by Gasteiger charge is -2.14. The number of benzene rings is 2. The number of carbonyl (C=O) groups excluding carboxylic acids is 3. The summed E-state index contributed by atoms with van der Waals surface area (Å²) < 4.78 is 11.2. The Labute approximate surface area is 197 Å². The van der Waals surface area contributed by atoms with Crippen molar-refractivity contribution >= 4 is 41.2 Å². The molecule has 0 unspecified atom stereocenters. The molecule has 0 aliphatic rings. The molecule has 0 atom stereocenters. The number of hydrogen-bond acceptors (Lipinski definition) is 6. The number of hydrogen-bond donors (Lipinski definition) is 3. The van der Waals surface area contributed by atoms with Gasteiger partial charge >= 0.3 is 11.8 Å². The molecule has 0 heterocycles. The molecule has 9 nitrogen and oxygen atoms in total. The number of para-hydroxylation sites is 1. The van der Waals surface area contributed by atoms with Crippen LogP contribution in [0, 0.1) is 5.92 Å². The van der Waals surface area contributed by atoms with Crippen LogP contribution >= 0.6 is 11.6 Å². The van der Waals surface area contributed by atoms with Crippen LogP contribution in [-0.4, -0.2) is 43.7 Å². The monoisotopic (exact) mass is 474 g/mol. The highest BCUT2D eigenvalue weighted by Gasteiger charge is 2.15. The maximum atomic E-state index is 12.2. The van der Waals surface area contributed by atoms with Crippen LogP contribution in [0.15, 0.2) is 47.6 Å². The predicted molar refractivity (Wildman–Crippen MR) is 127 cm³/mol. The lowest BCUT2D eigenvalue weighted by molar-refractivity contribution is -0.139. The number of nitrogens with zero attached hydrogens (tertiary/aromatic N) is 1. The molecule has 2 aromatic rings. The first kappa shape index (κ1) is 25.7. The SMILES string of the molecule is CCOc1cc(/C=N\NC(=O)C(=O)NCC(C)C)cc(Cl)c1OCC(=O)Nc1ccccc1. The molecule has 176 valence electrons. The maximum absolute atomic E-state index is 12.2. The van der Waals surface area contributed by atoms with Crippen LogP contribution in [-0.2, 0) is 14.4 Å². The Morgan fingerprint density at radius 1 is 1.09 bits per heavy atom. The summed E-state index contributed by atoms with van der Waals surface area (Å²) in [6.45, 7) is 6.06. The van der Waals surface area contributed by atoms with Crippen molar-refractivity contribution in [3.05, 3.63) is 53.1 Å². The van der Waals surface area contributed by atoms with Gasteiger partial charge in [-0.1, -0.05) is 43.6 Å². The number of ether oxygens (including phenoxy) is 2. The largest absolute Gasteiger partial charge is 0.490 e. The van der Waals surface area contributed by atoms with Crippen LogP contribution in [0.5, 0.6) is 11.5 Å². The Morgan fingerprint density at radius 3 is 2.48 bits per heavy atom. The van der Waals surface area contributed by atoms with Gasteiger partial charge in [0.25, 0.3) is 5.91 Å². The first-order valence-corrected chi connectivity index (χ1v) is 10.7. The van der Waals surface area contributed by atoms with E-state index in [1.807, 2.05) is 19.9 Å². The van der Waals surface area contributed by atoms with E-state index in [-0.39, 0.29) is 29.2 Å². The Kier molecular flexibility index (Phi) is 10.2. The first-order valence-electron chi connectivity index (χ1n) is 10.3. The van der Waals surface area contributed by atoms with E-state index in [0.29, 0.717) is 30.2 Å². The topological polar surface area (TPSA) is 118 Å². The molecule has 0 spiro atoms. The second-order valence-corrected chi connectivity index (χ2v) is 7.68. The molecule has 0 saturated heterocycles. The Bertz CT molecular complexity index is 996. The van der Waals surface area contributed by atoms with Crippen LogP contribution in [0.3, 0.4) is 0 Å². The number of anilines is 1. The molecule has 0 aromatic heterocycles. The lowest BCUT2D eigenvalue weighted by atomic mass is 10.2. The zero-order chi connectivity index (χ0) is 24.2. The Balaban J connectivity index is 2.01. The van der Waals surface area contributed by atoms with Gasteiger partial charge in [0.1, 0.15) is 0 Å². The molecular weight excluding hydrogens is 448 g/mol. The fraction of sp³-hybridized carbons (Fsp3) is 0.304. The first-order chi connectivity index (χ1) is 15.8. The molecule has 0 radical (unpaired) electrons. The highest BCUT2D eigenvalue weighted by Crippen LogP contribution is 2.36. The van der Waals surface area contributed by atoms with E-state index in [1.165, 1.54) is 12.3 Å². The molecular formula is C23H27ClN4O5. The fourth-order valence-corrected chi connectivity index (χ4v) is 2.79. The van der Waals surface area contributed by atoms with E-state index in [9.17, 15) is 14.4 Å². The minimum absolute atomic E-state index is 0.191. The summed E-state index contributed by atoms with van der Waals surface area (Å²) in [5.74, 6) is -1.28. The summed E-state index contributed by atoms with van der Waals surface area (Å²) in [4.78, 5) is 35.6. The number of nitrogens with one attached hydrogen (secondary N) is 3. The minimum atomic E-state index is -0.882. The average Bonchev–Trinajstić information content (AvgIpc) is 2.77. The molecule has 2 rings (SSSR count). The van der Waals surface area contributed by atoms with E-state index in [2.05, 4.69) is 21.2 Å². The molecule has 33 heavy (non-hydrogen) atoms. The number of carbonyl (C=O) groups is 3. The number of rotatable bonds is 10. The van der Waals surface area contributed by atoms with Crippen molar-refractivity contribution in [1.29, 1.82) is 0 Å². The van der Waals surface area contributed by atoms with E-state index in [1.54, 1.807) is 37.3 Å². The lowest BCUT2D eigenvalue weighted by Crippen LogP contribution is -2.39. The van der Waals surface area contributed by atoms with Crippen molar-refractivity contribution in [2.24, 2.45) is 11.0 Å². The van der Waals surface area contributed by atoms with Gasteiger partial charge in [0.2, 0.25) is 0 Å². The Hall–Kier alpha value is -3.59. The number of halogens is 1. The van der Waals surface area contributed by atoms with Crippen LogP contribution < -0.4 is 25.5 Å². The highest BCUT2D eigenvalue weighted by molar-refractivity contribution is 6.35. The standard InChI is InChI=1S/C23H27ClN4O5/c1-4-32-19-11-16(13-26-28-23(31)22(30)25-12-15(2)3)10-18(24)21(19)33-14-20(29)27-17-8-6-5-7-9-17/h5-11,13,15H,4,12,14H2,1-3H3,(H,25,30)(H,27,29)(H,28,31)/b26-13-. The van der Waals surface area contributed by atoms with Crippen molar-refractivity contribution in [3.63, 3.8) is 0 Å². The van der Waals surface area contributed by atoms with Crippen molar-refractivity contribution in [2.45, 2.75) is 20.8 Å². The average molecular weight is 475 g/mol. The highest BCUT2D eigenvalue weighted by atomic mass is 35.5. The third-order valence-corrected chi connectivity index (χ3v) is 4.27. The maximum Gasteiger partial charge on any atom is 0.329 e. The quantitative estimate of drug-likeness (QED) is 0.278. The molecule has 0 saturated carbocycles. The van der Waals surface area contributed by atoms with Crippen molar-refractivity contribution in [3.8, 4) is 11.5 Å². The van der Waals surface area contributed by atoms with Gasteiger partial charge in [-0.15, -0.1) is 0 Å². The smallest absolute Gasteiger partial charge is 0.329 e. The van der Waals surface area contributed by atoms with Crippen LogP contribution in [0.2, 0.25) is 5.02 Å². The van der Waals surface area contributed by atoms with Crippen molar-refractivity contribution in [1.82, 2.24) is 10.7 Å². The second kappa shape index (κ2) is 13.1. The molecule has 0 aliphatic carbocycles. The van der Waals surface area contributed by atoms with Gasteiger partial charge in [0.05, 0.1) is 17.8 Å². The van der Waals surface area contributed by atoms with E-state index in [0.717, 1.165) is 0 Å². The summed E-state index contributed by atoms with van der Waals surface area (Å²) in [5.41, 5.74) is 3.29. The summed E-state index contributed by atoms with van der Waals surface area (Å²) in [7, 11) is 0. The van der Waals surface area contributed by atoms with Crippen LogP contribution in [0.25, 0.3) is 0 Å². The zero-order valence-corrected chi connectivity index (χ0v) is 19.4. The van der Waals surface area contributed by atoms with Crippen molar-refractivity contribution < 1.29 is 23.9 Å². The molecule has 0 fully saturated rings. The molecule has 3 amide bonds. The molecule has 0 bridgehead atoms. The van der Waals surface area contributed by atoms with Gasteiger partial charge in [-0.05, 0) is 42.7 Å². The third-order valence-electron chi connectivity index (χ3n) is 3.99. The van der Waals surface area contributed by atoms with Gasteiger partial charge in [0.15, 0.2) is 18.1 Å². The number of amides is 3. The molecule has 3 N–H and O–H groups in total. The summed E-state index contributed by atoms with van der Waals surface area (Å²) in [6, 6.07) is 12.1. The van der Waals surface area contributed by atoms with Crippen LogP contribution in [0.4, 0.5) is 5.69 Å². The van der Waals surface area contributed by atoms with Gasteiger partial charge < -0.3 is 20.1 Å². The minimum Gasteiger partial charge on any atom is -0.490 e. The second-order valence-electron chi connectivity index (χ2n) is 7.27. The Morgan fingerprint density at radius 2 is 1.82 bits per heavy atom. The predicted octanol–water partition coefficient (Wildman–Crippen LogP) is 2.98. The van der Waals surface area contributed by atoms with Gasteiger partial charge in [-0.25, -0.2) is 5.43 Å². The van der Waals surface area contributed by atoms with E-state index in [4.69, 9.17) is 21.1 Å². The summed E-state index contributed by atoms with van der Waals surface area (Å²) in [5, 5.41) is 9.18. The van der Waals surface area contributed by atoms with Gasteiger partial charge in [-0.2, -0.15) is 5.10 Å². The van der Waals surface area contributed by atoms with Gasteiger partial charge in [0, 0.05) is 12.2 Å². The van der Waals surface area contributed by atoms with Crippen LogP contribution in [0.1, 0.15) is 26.3 Å². The third kappa shape index (κ3) is 8.82. The number of hydrazone groups is 1. The summed E-state index contributed by atoms with van der Waals surface area (Å²) >= 11 is 6.33.